The summed E-state index contributed by atoms with van der Waals surface area (Å²) in [6.07, 6.45) is 8.18. The van der Waals surface area contributed by atoms with Gasteiger partial charge in [0.1, 0.15) is 5.82 Å². The molecular formula is C25H28N4O3S. The predicted molar refractivity (Wildman–Crippen MR) is 128 cm³/mol. The monoisotopic (exact) mass is 464 g/mol. The Labute approximate surface area is 194 Å². The Balaban J connectivity index is 1.31. The van der Waals surface area contributed by atoms with Crippen molar-refractivity contribution in [3.8, 4) is 11.4 Å². The van der Waals surface area contributed by atoms with E-state index in [4.69, 9.17) is 0 Å². The van der Waals surface area contributed by atoms with Crippen LogP contribution >= 0.6 is 0 Å². The number of imidazole rings is 1. The molecule has 0 unspecified atom stereocenters. The minimum atomic E-state index is -3.59. The number of hydrogen-bond acceptors (Lipinski definition) is 4. The third kappa shape index (κ3) is 4.45. The largest absolute Gasteiger partial charge is 0.328 e. The lowest BCUT2D eigenvalue weighted by Gasteiger charge is -2.26. The van der Waals surface area contributed by atoms with Crippen LogP contribution in [0.1, 0.15) is 48.2 Å². The third-order valence-electron chi connectivity index (χ3n) is 6.45. The van der Waals surface area contributed by atoms with Crippen molar-refractivity contribution in [2.45, 2.75) is 50.0 Å². The average Bonchev–Trinajstić information content (AvgIpc) is 3.29. The van der Waals surface area contributed by atoms with Crippen LogP contribution in [0.5, 0.6) is 0 Å². The fourth-order valence-corrected chi connectivity index (χ4v) is 6.19. The number of nitrogens with zero attached hydrogens (tertiary/aromatic N) is 3. The number of hydrogen-bond donors (Lipinski definition) is 1. The lowest BCUT2D eigenvalue weighted by atomic mass is 10.1. The highest BCUT2D eigenvalue weighted by atomic mass is 32.2. The predicted octanol–water partition coefficient (Wildman–Crippen LogP) is 4.31. The number of piperidine rings is 1. The minimum Gasteiger partial charge on any atom is -0.328 e. The lowest BCUT2D eigenvalue weighted by Crippen LogP contribution is -2.35. The zero-order valence-corrected chi connectivity index (χ0v) is 19.4. The van der Waals surface area contributed by atoms with Gasteiger partial charge in [-0.2, -0.15) is 4.31 Å². The normalized spacial score (nSPS) is 16.8. The maximum absolute atomic E-state index is 13.0. The summed E-state index contributed by atoms with van der Waals surface area (Å²) in [6.45, 7) is 2.05. The molecule has 1 aromatic heterocycles. The van der Waals surface area contributed by atoms with Gasteiger partial charge in [-0.05, 0) is 74.6 Å². The van der Waals surface area contributed by atoms with Gasteiger partial charge in [0.15, 0.2) is 0 Å². The molecule has 0 bridgehead atoms. The highest BCUT2D eigenvalue weighted by Gasteiger charge is 2.26. The summed E-state index contributed by atoms with van der Waals surface area (Å²) in [5, 5.41) is 2.88. The summed E-state index contributed by atoms with van der Waals surface area (Å²) in [4.78, 5) is 17.6. The highest BCUT2D eigenvalue weighted by Crippen LogP contribution is 2.26. The maximum atomic E-state index is 13.0. The number of nitrogens with one attached hydrogen (secondary N) is 1. The third-order valence-corrected chi connectivity index (χ3v) is 8.35. The number of benzene rings is 2. The van der Waals surface area contributed by atoms with E-state index in [1.165, 1.54) is 22.5 Å². The molecule has 5 rings (SSSR count). The zero-order valence-electron chi connectivity index (χ0n) is 18.5. The van der Waals surface area contributed by atoms with Crippen molar-refractivity contribution in [3.63, 3.8) is 0 Å². The molecule has 172 valence electrons. The van der Waals surface area contributed by atoms with Gasteiger partial charge in [0, 0.05) is 48.3 Å². The van der Waals surface area contributed by atoms with Gasteiger partial charge in [-0.25, -0.2) is 13.4 Å². The molecule has 8 heteroatoms. The van der Waals surface area contributed by atoms with Gasteiger partial charge < -0.3 is 9.88 Å². The van der Waals surface area contributed by atoms with Crippen LogP contribution in [0.4, 0.5) is 5.69 Å². The summed E-state index contributed by atoms with van der Waals surface area (Å²) in [7, 11) is -3.59. The molecule has 1 amide bonds. The van der Waals surface area contributed by atoms with Gasteiger partial charge in [0.05, 0.1) is 4.90 Å². The first-order valence-electron chi connectivity index (χ1n) is 11.6. The number of sulfonamides is 1. The molecule has 0 radical (unpaired) electrons. The minimum absolute atomic E-state index is 0.163. The Kier molecular flexibility index (Phi) is 6.03. The molecular weight excluding hydrogens is 436 g/mol. The van der Waals surface area contributed by atoms with Gasteiger partial charge in [0.25, 0.3) is 5.91 Å². The Morgan fingerprint density at radius 2 is 1.67 bits per heavy atom. The second-order valence-electron chi connectivity index (χ2n) is 8.71. The number of carbonyl (C=O) groups is 1. The Morgan fingerprint density at radius 1 is 0.909 bits per heavy atom. The summed E-state index contributed by atoms with van der Waals surface area (Å²) < 4.78 is 29.7. The Bertz CT molecular complexity index is 1260. The highest BCUT2D eigenvalue weighted by molar-refractivity contribution is 7.89. The number of amides is 1. The van der Waals surface area contributed by atoms with E-state index in [0.717, 1.165) is 50.0 Å². The second-order valence-corrected chi connectivity index (χ2v) is 10.6. The number of aromatic nitrogens is 2. The smallest absolute Gasteiger partial charge is 0.255 e. The number of carbonyl (C=O) groups excluding carboxylic acids is 1. The standard InChI is InChI=1S/C25H28N4O3S/c30-25(20-7-6-9-23(17-20)33(31,32)28-14-3-1-4-15-28)27-21-12-10-19(11-13-21)24-26-18-22-8-2-5-16-29(22)24/h6-7,9-13,17-18H,1-5,8,14-16H2,(H,27,30). The van der Waals surface area contributed by atoms with Gasteiger partial charge in [-0.3, -0.25) is 4.79 Å². The van der Waals surface area contributed by atoms with E-state index in [1.807, 2.05) is 30.5 Å². The molecule has 0 aliphatic carbocycles. The van der Waals surface area contributed by atoms with Crippen LogP contribution in [0.15, 0.2) is 59.6 Å². The molecule has 3 heterocycles. The summed E-state index contributed by atoms with van der Waals surface area (Å²) in [6, 6.07) is 13.9. The van der Waals surface area contributed by atoms with Crippen LogP contribution < -0.4 is 5.32 Å². The van der Waals surface area contributed by atoms with Crippen LogP contribution in [0.3, 0.4) is 0 Å². The van der Waals surface area contributed by atoms with Gasteiger partial charge in [0.2, 0.25) is 10.0 Å². The van der Waals surface area contributed by atoms with Crippen molar-refractivity contribution in [2.24, 2.45) is 0 Å². The van der Waals surface area contributed by atoms with E-state index < -0.39 is 10.0 Å². The van der Waals surface area contributed by atoms with Crippen molar-refractivity contribution in [1.29, 1.82) is 0 Å². The first-order valence-corrected chi connectivity index (χ1v) is 13.0. The molecule has 1 N–H and O–H groups in total. The molecule has 0 atom stereocenters. The van der Waals surface area contributed by atoms with Crippen LogP contribution in [-0.2, 0) is 23.0 Å². The van der Waals surface area contributed by atoms with E-state index in [1.54, 1.807) is 18.2 Å². The van der Waals surface area contributed by atoms with Crippen molar-refractivity contribution < 1.29 is 13.2 Å². The first kappa shape index (κ1) is 21.9. The summed E-state index contributed by atoms with van der Waals surface area (Å²) in [5.74, 6) is 0.620. The van der Waals surface area contributed by atoms with Crippen LogP contribution in [0.25, 0.3) is 11.4 Å². The number of aryl methyl sites for hydroxylation is 1. The van der Waals surface area contributed by atoms with Crippen molar-refractivity contribution >= 4 is 21.6 Å². The van der Waals surface area contributed by atoms with Crippen LogP contribution in [-0.4, -0.2) is 41.3 Å². The molecule has 2 aromatic carbocycles. The number of fused-ring (bicyclic) bond motifs is 1. The topological polar surface area (TPSA) is 84.3 Å². The fourth-order valence-electron chi connectivity index (χ4n) is 4.62. The molecule has 1 fully saturated rings. The summed E-state index contributed by atoms with van der Waals surface area (Å²) >= 11 is 0. The van der Waals surface area contributed by atoms with Crippen molar-refractivity contribution in [3.05, 3.63) is 66.0 Å². The van der Waals surface area contributed by atoms with Crippen LogP contribution in [0, 0.1) is 0 Å². The molecule has 2 aliphatic heterocycles. The van der Waals surface area contributed by atoms with Crippen molar-refractivity contribution in [1.82, 2.24) is 13.9 Å². The van der Waals surface area contributed by atoms with Gasteiger partial charge in [-0.1, -0.05) is 12.5 Å². The molecule has 2 aliphatic rings. The lowest BCUT2D eigenvalue weighted by molar-refractivity contribution is 0.102. The molecule has 0 spiro atoms. The fraction of sp³-hybridized carbons (Fsp3) is 0.360. The average molecular weight is 465 g/mol. The van der Waals surface area contributed by atoms with Gasteiger partial charge >= 0.3 is 0 Å². The molecule has 1 saturated heterocycles. The SMILES string of the molecule is O=C(Nc1ccc(-c2ncc3n2CCCC3)cc1)c1cccc(S(=O)(=O)N2CCCCC2)c1. The second kappa shape index (κ2) is 9.11. The van der Waals surface area contributed by atoms with Crippen LogP contribution in [0.2, 0.25) is 0 Å². The molecule has 0 saturated carbocycles. The first-order chi connectivity index (χ1) is 16.0. The Morgan fingerprint density at radius 3 is 2.45 bits per heavy atom. The molecule has 33 heavy (non-hydrogen) atoms. The van der Waals surface area contributed by atoms with E-state index >= 15 is 0 Å². The molecule has 7 nitrogen and oxygen atoms in total. The quantitative estimate of drug-likeness (QED) is 0.610. The van der Waals surface area contributed by atoms with Gasteiger partial charge in [-0.15, -0.1) is 0 Å². The van der Waals surface area contributed by atoms with E-state index in [9.17, 15) is 13.2 Å². The maximum Gasteiger partial charge on any atom is 0.255 e. The van der Waals surface area contributed by atoms with Crippen molar-refractivity contribution in [2.75, 3.05) is 18.4 Å². The number of rotatable bonds is 5. The van der Waals surface area contributed by atoms with E-state index in [2.05, 4.69) is 14.9 Å². The van der Waals surface area contributed by atoms with E-state index in [-0.39, 0.29) is 10.8 Å². The number of anilines is 1. The van der Waals surface area contributed by atoms with E-state index in [0.29, 0.717) is 24.3 Å². The Hall–Kier alpha value is -2.97. The molecule has 3 aromatic rings. The zero-order chi connectivity index (χ0) is 22.8. The summed E-state index contributed by atoms with van der Waals surface area (Å²) in [5.41, 5.74) is 3.25.